The molecule has 2 heterocycles. The summed E-state index contributed by atoms with van der Waals surface area (Å²) < 4.78 is 7.21. The van der Waals surface area contributed by atoms with Crippen LogP contribution in [0.3, 0.4) is 0 Å². The fraction of sp³-hybridized carbons (Fsp3) is 0.308. The molecule has 7 heteroatoms. The molecule has 170 valence electrons. The second kappa shape index (κ2) is 9.81. The monoisotopic (exact) mass is 443 g/mol. The van der Waals surface area contributed by atoms with E-state index in [0.29, 0.717) is 24.6 Å². The van der Waals surface area contributed by atoms with Crippen molar-refractivity contribution in [3.8, 4) is 5.75 Å². The molecule has 0 radical (unpaired) electrons. The van der Waals surface area contributed by atoms with Crippen molar-refractivity contribution in [3.05, 3.63) is 89.0 Å². The van der Waals surface area contributed by atoms with E-state index in [2.05, 4.69) is 22.0 Å². The van der Waals surface area contributed by atoms with E-state index in [1.807, 2.05) is 79.4 Å². The fourth-order valence-electron chi connectivity index (χ4n) is 4.09. The number of amides is 1. The number of nitrogens with zero attached hydrogens (tertiary/aromatic N) is 5. The Morgan fingerprint density at radius 3 is 2.55 bits per heavy atom. The average Bonchev–Trinajstić information content (AvgIpc) is 3.21. The number of hydrogen-bond donors (Lipinski definition) is 0. The van der Waals surface area contributed by atoms with Crippen LogP contribution in [0, 0.1) is 13.8 Å². The van der Waals surface area contributed by atoms with Crippen molar-refractivity contribution in [3.63, 3.8) is 0 Å². The molecule has 0 fully saturated rings. The Hall–Kier alpha value is -3.74. The maximum Gasteiger partial charge on any atom is 0.252 e. The van der Waals surface area contributed by atoms with Crippen molar-refractivity contribution in [1.29, 1.82) is 0 Å². The molecule has 4 rings (SSSR count). The second-order valence-corrected chi connectivity index (χ2v) is 8.33. The van der Waals surface area contributed by atoms with Gasteiger partial charge in [-0.3, -0.25) is 4.79 Å². The van der Waals surface area contributed by atoms with Gasteiger partial charge in [0.25, 0.3) is 5.78 Å². The molecule has 0 saturated heterocycles. The van der Waals surface area contributed by atoms with E-state index < -0.39 is 0 Å². The Labute approximate surface area is 194 Å². The highest BCUT2D eigenvalue weighted by Gasteiger charge is 2.24. The van der Waals surface area contributed by atoms with E-state index >= 15 is 0 Å². The van der Waals surface area contributed by atoms with Crippen LogP contribution < -0.4 is 4.74 Å². The molecule has 0 N–H and O–H groups in total. The van der Waals surface area contributed by atoms with Gasteiger partial charge in [-0.25, -0.2) is 9.50 Å². The maximum absolute atomic E-state index is 13.5. The van der Waals surface area contributed by atoms with E-state index in [1.165, 1.54) is 0 Å². The van der Waals surface area contributed by atoms with Crippen LogP contribution in [0.15, 0.2) is 60.7 Å². The van der Waals surface area contributed by atoms with Gasteiger partial charge in [0.05, 0.1) is 13.5 Å². The first-order valence-electron chi connectivity index (χ1n) is 11.1. The van der Waals surface area contributed by atoms with Crippen molar-refractivity contribution in [2.45, 2.75) is 46.2 Å². The smallest absolute Gasteiger partial charge is 0.252 e. The lowest BCUT2D eigenvalue weighted by atomic mass is 10.0. The molecule has 2 aromatic heterocycles. The molecule has 0 spiro atoms. The molecule has 4 aromatic rings. The number of carbonyl (C=O) groups is 1. The summed E-state index contributed by atoms with van der Waals surface area (Å²) in [7, 11) is 1.67. The lowest BCUT2D eigenvalue weighted by Crippen LogP contribution is -2.40. The second-order valence-electron chi connectivity index (χ2n) is 8.33. The number of rotatable bonds is 8. The van der Waals surface area contributed by atoms with Crippen molar-refractivity contribution < 1.29 is 9.53 Å². The normalized spacial score (nSPS) is 12.0. The molecule has 1 amide bonds. The molecule has 33 heavy (non-hydrogen) atoms. The summed E-state index contributed by atoms with van der Waals surface area (Å²) >= 11 is 0. The molecule has 0 bridgehead atoms. The first-order valence-corrected chi connectivity index (χ1v) is 11.1. The Morgan fingerprint density at radius 2 is 1.79 bits per heavy atom. The minimum Gasteiger partial charge on any atom is -0.496 e. The molecule has 0 saturated carbocycles. The zero-order valence-electron chi connectivity index (χ0n) is 19.5. The van der Waals surface area contributed by atoms with Gasteiger partial charge in [-0.05, 0) is 50.5 Å². The molecular formula is C26H29N5O2. The molecule has 7 nitrogen and oxygen atoms in total. The number of carbonyl (C=O) groups excluding carboxylic acids is 1. The van der Waals surface area contributed by atoms with Crippen LogP contribution in [0.2, 0.25) is 0 Å². The SMILES string of the molecule is COc1ccccc1CC(C)N(Cc1ccccc1)C(=O)Cc1nc2nc(C)cc(C)n2n1. The van der Waals surface area contributed by atoms with Gasteiger partial charge in [0.1, 0.15) is 5.75 Å². The van der Waals surface area contributed by atoms with Crippen molar-refractivity contribution in [2.24, 2.45) is 0 Å². The highest BCUT2D eigenvalue weighted by molar-refractivity contribution is 5.78. The summed E-state index contributed by atoms with van der Waals surface area (Å²) in [5, 5.41) is 4.53. The standard InChI is InChI=1S/C26H29N5O2/c1-18-14-20(3)31-26(27-18)28-24(29-31)16-25(32)30(17-21-10-6-5-7-11-21)19(2)15-22-12-8-9-13-23(22)33-4/h5-14,19H,15-17H2,1-4H3. The van der Waals surface area contributed by atoms with E-state index in [1.54, 1.807) is 11.6 Å². The number of methoxy groups -OCH3 is 1. The van der Waals surface area contributed by atoms with Crippen molar-refractivity contribution in [1.82, 2.24) is 24.5 Å². The van der Waals surface area contributed by atoms with E-state index in [9.17, 15) is 4.79 Å². The third-order valence-corrected chi connectivity index (χ3v) is 5.73. The highest BCUT2D eigenvalue weighted by Crippen LogP contribution is 2.22. The van der Waals surface area contributed by atoms with Crippen molar-refractivity contribution >= 4 is 11.7 Å². The summed E-state index contributed by atoms with van der Waals surface area (Å²) in [6, 6.07) is 19.9. The first kappa shape index (κ1) is 22.5. The Bertz CT molecular complexity index is 1250. The van der Waals surface area contributed by atoms with Crippen LogP contribution in [-0.2, 0) is 24.2 Å². The third-order valence-electron chi connectivity index (χ3n) is 5.73. The largest absolute Gasteiger partial charge is 0.496 e. The molecule has 2 aromatic carbocycles. The minimum atomic E-state index is -0.0480. The lowest BCUT2D eigenvalue weighted by molar-refractivity contribution is -0.133. The zero-order valence-corrected chi connectivity index (χ0v) is 19.5. The Morgan fingerprint density at radius 1 is 1.06 bits per heavy atom. The van der Waals surface area contributed by atoms with Gasteiger partial charge in [0, 0.05) is 24.0 Å². The highest BCUT2D eigenvalue weighted by atomic mass is 16.5. The molecule has 1 atom stereocenters. The predicted molar refractivity (Wildman–Crippen MR) is 127 cm³/mol. The van der Waals surface area contributed by atoms with Gasteiger partial charge in [0.15, 0.2) is 5.82 Å². The summed E-state index contributed by atoms with van der Waals surface area (Å²) in [4.78, 5) is 24.4. The zero-order chi connectivity index (χ0) is 23.4. The van der Waals surface area contributed by atoms with Crippen LogP contribution in [0.4, 0.5) is 0 Å². The summed E-state index contributed by atoms with van der Waals surface area (Å²) in [5.74, 6) is 1.80. The average molecular weight is 444 g/mol. The topological polar surface area (TPSA) is 72.6 Å². The molecule has 0 aliphatic carbocycles. The summed E-state index contributed by atoms with van der Waals surface area (Å²) in [6.07, 6.45) is 0.798. The van der Waals surface area contributed by atoms with Crippen molar-refractivity contribution in [2.75, 3.05) is 7.11 Å². The quantitative estimate of drug-likeness (QED) is 0.412. The van der Waals surface area contributed by atoms with E-state index in [4.69, 9.17) is 4.74 Å². The van der Waals surface area contributed by atoms with Gasteiger partial charge in [-0.15, -0.1) is 5.10 Å². The Balaban J connectivity index is 1.59. The van der Waals surface area contributed by atoms with Crippen LogP contribution >= 0.6 is 0 Å². The van der Waals surface area contributed by atoms with Gasteiger partial charge in [-0.1, -0.05) is 48.5 Å². The molecule has 0 aliphatic heterocycles. The number of ether oxygens (including phenoxy) is 1. The minimum absolute atomic E-state index is 0.0217. The predicted octanol–water partition coefficient (Wildman–Crippen LogP) is 3.95. The van der Waals surface area contributed by atoms with Gasteiger partial charge in [0.2, 0.25) is 5.91 Å². The number of benzene rings is 2. The van der Waals surface area contributed by atoms with Gasteiger partial charge >= 0.3 is 0 Å². The van der Waals surface area contributed by atoms with Crippen LogP contribution in [0.5, 0.6) is 5.75 Å². The number of fused-ring (bicyclic) bond motifs is 1. The van der Waals surface area contributed by atoms with E-state index in [-0.39, 0.29) is 18.4 Å². The van der Waals surface area contributed by atoms with Crippen LogP contribution in [0.25, 0.3) is 5.78 Å². The Kier molecular flexibility index (Phi) is 6.68. The maximum atomic E-state index is 13.5. The number of aromatic nitrogens is 4. The third kappa shape index (κ3) is 5.19. The fourth-order valence-corrected chi connectivity index (χ4v) is 4.09. The van der Waals surface area contributed by atoms with Gasteiger partial charge in [-0.2, -0.15) is 4.98 Å². The molecule has 0 aliphatic rings. The molecule has 1 unspecified atom stereocenters. The van der Waals surface area contributed by atoms with E-state index in [0.717, 1.165) is 28.3 Å². The van der Waals surface area contributed by atoms with Gasteiger partial charge < -0.3 is 9.64 Å². The number of hydrogen-bond acceptors (Lipinski definition) is 5. The number of aryl methyl sites for hydroxylation is 2. The summed E-state index contributed by atoms with van der Waals surface area (Å²) in [5.41, 5.74) is 3.96. The van der Waals surface area contributed by atoms with Crippen LogP contribution in [-0.4, -0.2) is 43.5 Å². The van der Waals surface area contributed by atoms with Crippen LogP contribution in [0.1, 0.15) is 35.3 Å². The summed E-state index contributed by atoms with van der Waals surface area (Å²) in [6.45, 7) is 6.46. The molecular weight excluding hydrogens is 414 g/mol. The lowest BCUT2D eigenvalue weighted by Gasteiger charge is -2.30. The first-order chi connectivity index (χ1) is 15.9. The number of para-hydroxylation sites is 1.